The number of benzene rings is 1. The van der Waals surface area contributed by atoms with Crippen molar-refractivity contribution in [3.8, 4) is 0 Å². The minimum atomic E-state index is -4.87. The Kier molecular flexibility index (Phi) is 3.38. The van der Waals surface area contributed by atoms with Gasteiger partial charge >= 0.3 is 12.4 Å². The first-order valence-corrected chi connectivity index (χ1v) is 5.57. The maximum atomic E-state index is 12.9. The minimum Gasteiger partial charge on any atom is -0.336 e. The third kappa shape index (κ3) is 3.11. The fraction of sp³-hybridized carbons (Fsp3) is 0.250. The number of alkyl halides is 6. The van der Waals surface area contributed by atoms with Gasteiger partial charge in [-0.1, -0.05) is 6.07 Å². The minimum absolute atomic E-state index is 0.264. The molecule has 0 bridgehead atoms. The average Bonchev–Trinajstić information content (AvgIpc) is 2.30. The molecule has 114 valence electrons. The molecule has 0 aliphatic rings. The Morgan fingerprint density at radius 2 is 1.67 bits per heavy atom. The summed E-state index contributed by atoms with van der Waals surface area (Å²) in [6.07, 6.45) is -10.8. The van der Waals surface area contributed by atoms with E-state index in [2.05, 4.69) is 0 Å². The van der Waals surface area contributed by atoms with E-state index in [1.165, 1.54) is 0 Å². The highest BCUT2D eigenvalue weighted by Crippen LogP contribution is 2.34. The summed E-state index contributed by atoms with van der Waals surface area (Å²) < 4.78 is 76.1. The number of nitrogens with zero attached hydrogens (tertiary/aromatic N) is 1. The second-order valence-electron chi connectivity index (χ2n) is 4.41. The van der Waals surface area contributed by atoms with Gasteiger partial charge in [-0.15, -0.1) is 0 Å². The van der Waals surface area contributed by atoms with Crippen molar-refractivity contribution in [3.63, 3.8) is 0 Å². The highest BCUT2D eigenvalue weighted by molar-refractivity contribution is 5.84. The Morgan fingerprint density at radius 3 is 2.19 bits per heavy atom. The number of hydrogen-bond donors (Lipinski definition) is 1. The molecule has 9 heteroatoms. The zero-order valence-corrected chi connectivity index (χ0v) is 10.2. The SMILES string of the molecule is Nn1c(=O)cc(C(F)(F)F)c2cc(CC(F)(F)F)ccc21. The summed E-state index contributed by atoms with van der Waals surface area (Å²) in [5, 5.41) is -0.550. The molecule has 0 fully saturated rings. The molecular weight excluding hydrogens is 302 g/mol. The smallest absolute Gasteiger partial charge is 0.336 e. The Balaban J connectivity index is 2.75. The maximum absolute atomic E-state index is 12.9. The van der Waals surface area contributed by atoms with E-state index in [9.17, 15) is 31.1 Å². The lowest BCUT2D eigenvalue weighted by atomic mass is 10.0. The number of pyridine rings is 1. The number of nitrogens with two attached hydrogens (primary N) is 1. The number of halogens is 6. The van der Waals surface area contributed by atoms with Crippen molar-refractivity contribution in [3.05, 3.63) is 45.7 Å². The van der Waals surface area contributed by atoms with Crippen LogP contribution in [0.5, 0.6) is 0 Å². The first kappa shape index (κ1) is 15.2. The van der Waals surface area contributed by atoms with E-state index in [1.807, 2.05) is 0 Å². The quantitative estimate of drug-likeness (QED) is 0.650. The molecular formula is C12H8F6N2O. The van der Waals surface area contributed by atoms with E-state index in [0.717, 1.165) is 18.2 Å². The summed E-state index contributed by atoms with van der Waals surface area (Å²) in [5.41, 5.74) is -3.05. The third-order valence-electron chi connectivity index (χ3n) is 2.83. The summed E-state index contributed by atoms with van der Waals surface area (Å²) >= 11 is 0. The highest BCUT2D eigenvalue weighted by atomic mass is 19.4. The van der Waals surface area contributed by atoms with Crippen LogP contribution >= 0.6 is 0 Å². The second kappa shape index (κ2) is 4.68. The van der Waals surface area contributed by atoms with Crippen molar-refractivity contribution >= 4 is 10.9 Å². The lowest BCUT2D eigenvalue weighted by molar-refractivity contribution is -0.136. The summed E-state index contributed by atoms with van der Waals surface area (Å²) in [6.45, 7) is 0. The van der Waals surface area contributed by atoms with Crippen LogP contribution in [0, 0.1) is 0 Å². The number of nitrogen functional groups attached to an aromatic ring is 1. The predicted octanol–water partition coefficient (Wildman–Crippen LogP) is 2.84. The van der Waals surface area contributed by atoms with Crippen LogP contribution in [0.2, 0.25) is 0 Å². The number of hydrogen-bond acceptors (Lipinski definition) is 2. The van der Waals surface area contributed by atoms with Gasteiger partial charge in [0.05, 0.1) is 17.5 Å². The van der Waals surface area contributed by atoms with Gasteiger partial charge in [-0.2, -0.15) is 26.3 Å². The lowest BCUT2D eigenvalue weighted by Gasteiger charge is -2.14. The zero-order chi connectivity index (χ0) is 16.0. The first-order valence-electron chi connectivity index (χ1n) is 5.57. The molecule has 0 unspecified atom stereocenters. The van der Waals surface area contributed by atoms with Gasteiger partial charge in [-0.3, -0.25) is 4.79 Å². The van der Waals surface area contributed by atoms with Crippen LogP contribution in [0.1, 0.15) is 11.1 Å². The van der Waals surface area contributed by atoms with Crippen molar-refractivity contribution in [2.45, 2.75) is 18.8 Å². The Hall–Kier alpha value is -2.19. The third-order valence-corrected chi connectivity index (χ3v) is 2.83. The van der Waals surface area contributed by atoms with Crippen LogP contribution in [-0.2, 0) is 12.6 Å². The van der Waals surface area contributed by atoms with Gasteiger partial charge < -0.3 is 5.84 Å². The summed E-state index contributed by atoms with van der Waals surface area (Å²) in [6, 6.07) is 2.96. The largest absolute Gasteiger partial charge is 0.417 e. The van der Waals surface area contributed by atoms with E-state index in [-0.39, 0.29) is 17.1 Å². The van der Waals surface area contributed by atoms with E-state index < -0.39 is 35.3 Å². The van der Waals surface area contributed by atoms with Gasteiger partial charge in [0.2, 0.25) is 0 Å². The monoisotopic (exact) mass is 310 g/mol. The van der Waals surface area contributed by atoms with Crippen molar-refractivity contribution in [2.75, 3.05) is 5.84 Å². The first-order chi connectivity index (χ1) is 9.49. The molecule has 2 N–H and O–H groups in total. The molecule has 0 saturated heterocycles. The Labute approximate surface area is 113 Å². The molecule has 1 aromatic carbocycles. The van der Waals surface area contributed by atoms with Crippen LogP contribution in [0.4, 0.5) is 26.3 Å². The molecule has 0 saturated carbocycles. The topological polar surface area (TPSA) is 48.0 Å². The van der Waals surface area contributed by atoms with Gasteiger partial charge in [0, 0.05) is 11.5 Å². The molecule has 3 nitrogen and oxygen atoms in total. The highest BCUT2D eigenvalue weighted by Gasteiger charge is 2.34. The maximum Gasteiger partial charge on any atom is 0.417 e. The molecule has 0 spiro atoms. The molecule has 2 aromatic rings. The van der Waals surface area contributed by atoms with E-state index in [1.54, 1.807) is 0 Å². The summed E-state index contributed by atoms with van der Waals surface area (Å²) in [5.74, 6) is 5.32. The van der Waals surface area contributed by atoms with Gasteiger partial charge in [0.15, 0.2) is 0 Å². The van der Waals surface area contributed by atoms with Gasteiger partial charge in [0.25, 0.3) is 5.56 Å². The van der Waals surface area contributed by atoms with E-state index in [4.69, 9.17) is 5.84 Å². The lowest BCUT2D eigenvalue weighted by Crippen LogP contribution is -2.29. The number of rotatable bonds is 1. The molecule has 1 aromatic heterocycles. The van der Waals surface area contributed by atoms with Crippen LogP contribution in [0.3, 0.4) is 0 Å². The van der Waals surface area contributed by atoms with Crippen molar-refractivity contribution < 1.29 is 26.3 Å². The average molecular weight is 310 g/mol. The van der Waals surface area contributed by atoms with Crippen LogP contribution in [0.15, 0.2) is 29.1 Å². The van der Waals surface area contributed by atoms with Crippen molar-refractivity contribution in [1.82, 2.24) is 4.68 Å². The van der Waals surface area contributed by atoms with Crippen LogP contribution in [0.25, 0.3) is 10.9 Å². The van der Waals surface area contributed by atoms with Crippen LogP contribution in [-0.4, -0.2) is 10.9 Å². The van der Waals surface area contributed by atoms with Crippen LogP contribution < -0.4 is 11.4 Å². The molecule has 0 amide bonds. The normalized spacial score (nSPS) is 12.9. The van der Waals surface area contributed by atoms with E-state index >= 15 is 0 Å². The molecule has 2 rings (SSSR count). The number of fused-ring (bicyclic) bond motifs is 1. The molecule has 0 aliphatic heterocycles. The fourth-order valence-electron chi connectivity index (χ4n) is 1.97. The standard InChI is InChI=1S/C12H8F6N2O/c13-11(14,15)5-6-1-2-9-7(3-6)8(12(16,17)18)4-10(21)20(9)19/h1-4H,5,19H2. The molecule has 1 heterocycles. The molecule has 0 aliphatic carbocycles. The predicted molar refractivity (Wildman–Crippen MR) is 63.1 cm³/mol. The van der Waals surface area contributed by atoms with Gasteiger partial charge in [-0.05, 0) is 17.7 Å². The summed E-state index contributed by atoms with van der Waals surface area (Å²) in [7, 11) is 0. The second-order valence-corrected chi connectivity index (χ2v) is 4.41. The van der Waals surface area contributed by atoms with Crippen molar-refractivity contribution in [2.24, 2.45) is 0 Å². The molecule has 0 radical (unpaired) electrons. The van der Waals surface area contributed by atoms with Gasteiger partial charge in [-0.25, -0.2) is 4.68 Å². The van der Waals surface area contributed by atoms with Gasteiger partial charge in [0.1, 0.15) is 0 Å². The summed E-state index contributed by atoms with van der Waals surface area (Å²) in [4.78, 5) is 11.4. The van der Waals surface area contributed by atoms with Crippen molar-refractivity contribution in [1.29, 1.82) is 0 Å². The molecule has 21 heavy (non-hydrogen) atoms. The van der Waals surface area contributed by atoms with E-state index in [0.29, 0.717) is 4.68 Å². The molecule has 0 atom stereocenters. The fourth-order valence-corrected chi connectivity index (χ4v) is 1.97. The number of aromatic nitrogens is 1. The Morgan fingerprint density at radius 1 is 1.05 bits per heavy atom. The Bertz CT molecular complexity index is 744. The zero-order valence-electron chi connectivity index (χ0n) is 10.2.